The van der Waals surface area contributed by atoms with Gasteiger partial charge in [-0.2, -0.15) is 0 Å². The van der Waals surface area contributed by atoms with Crippen LogP contribution in [0.3, 0.4) is 0 Å². The molecule has 3 fully saturated rings. The van der Waals surface area contributed by atoms with Crippen LogP contribution in [0.1, 0.15) is 69.8 Å². The van der Waals surface area contributed by atoms with Crippen molar-refractivity contribution in [3.63, 3.8) is 0 Å². The van der Waals surface area contributed by atoms with Gasteiger partial charge in [-0.05, 0) is 75.6 Å². The van der Waals surface area contributed by atoms with Crippen LogP contribution in [-0.2, 0) is 10.7 Å². The van der Waals surface area contributed by atoms with Crippen LogP contribution in [0.4, 0.5) is 8.78 Å². The summed E-state index contributed by atoms with van der Waals surface area (Å²) in [6, 6.07) is 6.14. The van der Waals surface area contributed by atoms with Crippen LogP contribution in [0.5, 0.6) is 5.75 Å². The smallest absolute Gasteiger partial charge is 0.281 e. The van der Waals surface area contributed by atoms with Crippen molar-refractivity contribution in [2.24, 2.45) is 5.73 Å². The minimum atomic E-state index is -3.18. The monoisotopic (exact) mass is 392 g/mol. The highest BCUT2D eigenvalue weighted by molar-refractivity contribution is 5.78. The molecule has 2 unspecified atom stereocenters. The number of carbonyl (C=O) groups excluding carboxylic acids is 1. The van der Waals surface area contributed by atoms with Crippen molar-refractivity contribution in [3.8, 4) is 5.75 Å². The van der Waals surface area contributed by atoms with Gasteiger partial charge in [-0.15, -0.1) is 0 Å². The van der Waals surface area contributed by atoms with Crippen LogP contribution in [0.25, 0.3) is 0 Å². The van der Waals surface area contributed by atoms with Crippen LogP contribution in [-0.4, -0.2) is 35.0 Å². The minimum Gasteiger partial charge on any atom is -0.490 e. The zero-order valence-corrected chi connectivity index (χ0v) is 16.3. The molecule has 1 aliphatic carbocycles. The second-order valence-corrected chi connectivity index (χ2v) is 8.70. The maximum atomic E-state index is 14.8. The molecule has 0 spiro atoms. The standard InChI is InChI=1S/C22H30F2N2O2/c23-22(24,14-21(27)26-17-8-9-18(26)13-16(25)12-17)15-6-10-20(11-7-15)28-19-4-2-1-3-5-19/h6-7,10-11,16-19H,1-5,8-9,12-14,25H2. The van der Waals surface area contributed by atoms with E-state index in [1.165, 1.54) is 18.6 Å². The summed E-state index contributed by atoms with van der Waals surface area (Å²) in [6.07, 6.45) is 8.21. The van der Waals surface area contributed by atoms with Crippen molar-refractivity contribution in [1.29, 1.82) is 0 Å². The van der Waals surface area contributed by atoms with Gasteiger partial charge in [-0.3, -0.25) is 4.79 Å². The van der Waals surface area contributed by atoms with Crippen molar-refractivity contribution in [1.82, 2.24) is 4.90 Å². The molecule has 0 radical (unpaired) electrons. The van der Waals surface area contributed by atoms with Gasteiger partial charge in [0.1, 0.15) is 5.75 Å². The molecular formula is C22H30F2N2O2. The Bertz CT molecular complexity index is 674. The van der Waals surface area contributed by atoms with Gasteiger partial charge < -0.3 is 15.4 Å². The molecule has 2 saturated heterocycles. The highest BCUT2D eigenvalue weighted by Gasteiger charge is 2.45. The van der Waals surface area contributed by atoms with E-state index in [9.17, 15) is 13.6 Å². The quantitative estimate of drug-likeness (QED) is 0.810. The number of hydrogen-bond acceptors (Lipinski definition) is 3. The van der Waals surface area contributed by atoms with Crippen molar-refractivity contribution in [3.05, 3.63) is 29.8 Å². The van der Waals surface area contributed by atoms with Crippen LogP contribution >= 0.6 is 0 Å². The topological polar surface area (TPSA) is 55.6 Å². The lowest BCUT2D eigenvalue weighted by Gasteiger charge is -2.38. The lowest BCUT2D eigenvalue weighted by molar-refractivity contribution is -0.144. The Morgan fingerprint density at radius 3 is 2.25 bits per heavy atom. The first-order chi connectivity index (χ1) is 13.4. The number of fused-ring (bicyclic) bond motifs is 2. The molecule has 2 heterocycles. The summed E-state index contributed by atoms with van der Waals surface area (Å²) in [6.45, 7) is 0. The number of hydrogen-bond donors (Lipinski definition) is 1. The fraction of sp³-hybridized carbons (Fsp3) is 0.682. The molecule has 0 aromatic heterocycles. The molecule has 2 bridgehead atoms. The van der Waals surface area contributed by atoms with Gasteiger partial charge in [0, 0.05) is 23.7 Å². The van der Waals surface area contributed by atoms with E-state index in [0.717, 1.165) is 51.4 Å². The fourth-order valence-corrected chi connectivity index (χ4v) is 5.16. The van der Waals surface area contributed by atoms with Crippen molar-refractivity contribution >= 4 is 5.91 Å². The third-order valence-corrected chi connectivity index (χ3v) is 6.56. The van der Waals surface area contributed by atoms with E-state index in [0.29, 0.717) is 5.75 Å². The summed E-state index contributed by atoms with van der Waals surface area (Å²) in [5.74, 6) is -3.01. The predicted octanol–water partition coefficient (Wildman–Crippen LogP) is 4.36. The number of amides is 1. The number of nitrogens with two attached hydrogens (primary N) is 1. The molecule has 2 aliphatic heterocycles. The number of ether oxygens (including phenoxy) is 1. The zero-order chi connectivity index (χ0) is 19.7. The van der Waals surface area contributed by atoms with E-state index >= 15 is 0 Å². The SMILES string of the molecule is NC1CC2CCC(C1)N2C(=O)CC(F)(F)c1ccc(OC2CCCCC2)cc1. The molecule has 3 aliphatic rings. The molecule has 2 N–H and O–H groups in total. The third kappa shape index (κ3) is 4.17. The minimum absolute atomic E-state index is 0.0309. The van der Waals surface area contributed by atoms with Gasteiger partial charge in [0.25, 0.3) is 5.92 Å². The average Bonchev–Trinajstić information content (AvgIpc) is 2.94. The molecule has 1 saturated carbocycles. The van der Waals surface area contributed by atoms with Crippen molar-refractivity contribution in [2.45, 2.75) is 94.4 Å². The molecule has 1 amide bonds. The Balaban J connectivity index is 1.38. The Morgan fingerprint density at radius 1 is 1.04 bits per heavy atom. The van der Waals surface area contributed by atoms with Gasteiger partial charge >= 0.3 is 0 Å². The van der Waals surface area contributed by atoms with E-state index in [2.05, 4.69) is 0 Å². The van der Waals surface area contributed by atoms with Gasteiger partial charge in [0.2, 0.25) is 5.91 Å². The van der Waals surface area contributed by atoms with Gasteiger partial charge in [-0.25, -0.2) is 8.78 Å². The summed E-state index contributed by atoms with van der Waals surface area (Å²) in [5, 5.41) is 0. The zero-order valence-electron chi connectivity index (χ0n) is 16.3. The highest BCUT2D eigenvalue weighted by Crippen LogP contribution is 2.39. The predicted molar refractivity (Wildman–Crippen MR) is 103 cm³/mol. The maximum Gasteiger partial charge on any atom is 0.281 e. The van der Waals surface area contributed by atoms with E-state index in [4.69, 9.17) is 10.5 Å². The first-order valence-corrected chi connectivity index (χ1v) is 10.6. The van der Waals surface area contributed by atoms with E-state index < -0.39 is 18.3 Å². The van der Waals surface area contributed by atoms with E-state index in [1.54, 1.807) is 17.0 Å². The molecule has 4 nitrogen and oxygen atoms in total. The lowest BCUT2D eigenvalue weighted by Crippen LogP contribution is -2.51. The number of rotatable bonds is 5. The number of piperidine rings is 1. The van der Waals surface area contributed by atoms with Gasteiger partial charge in [0.15, 0.2) is 0 Å². The maximum absolute atomic E-state index is 14.8. The van der Waals surface area contributed by atoms with Crippen molar-refractivity contribution in [2.75, 3.05) is 0 Å². The Kier molecular flexibility index (Phi) is 5.59. The Hall–Kier alpha value is -1.69. The molecule has 1 aromatic carbocycles. The first kappa shape index (κ1) is 19.6. The molecule has 28 heavy (non-hydrogen) atoms. The molecule has 4 rings (SSSR count). The summed E-state index contributed by atoms with van der Waals surface area (Å²) in [7, 11) is 0. The number of benzene rings is 1. The second-order valence-electron chi connectivity index (χ2n) is 8.70. The average molecular weight is 392 g/mol. The van der Waals surface area contributed by atoms with Gasteiger partial charge in [0.05, 0.1) is 12.5 Å². The van der Waals surface area contributed by atoms with Crippen LogP contribution in [0.15, 0.2) is 24.3 Å². The summed E-state index contributed by atoms with van der Waals surface area (Å²) in [5.41, 5.74) is 5.89. The van der Waals surface area contributed by atoms with Gasteiger partial charge in [-0.1, -0.05) is 6.42 Å². The Morgan fingerprint density at radius 2 is 1.64 bits per heavy atom. The summed E-state index contributed by atoms with van der Waals surface area (Å²) in [4.78, 5) is 14.4. The third-order valence-electron chi connectivity index (χ3n) is 6.56. The molecule has 6 heteroatoms. The number of alkyl halides is 2. The molecule has 154 valence electrons. The van der Waals surface area contributed by atoms with E-state index in [1.807, 2.05) is 0 Å². The fourth-order valence-electron chi connectivity index (χ4n) is 5.16. The van der Waals surface area contributed by atoms with Crippen LogP contribution in [0.2, 0.25) is 0 Å². The first-order valence-electron chi connectivity index (χ1n) is 10.6. The second kappa shape index (κ2) is 7.97. The number of carbonyl (C=O) groups is 1. The number of nitrogens with zero attached hydrogens (tertiary/aromatic N) is 1. The van der Waals surface area contributed by atoms with Crippen LogP contribution in [0, 0.1) is 0 Å². The lowest BCUT2D eigenvalue weighted by atomic mass is 9.96. The largest absolute Gasteiger partial charge is 0.490 e. The summed E-state index contributed by atoms with van der Waals surface area (Å²) >= 11 is 0. The highest BCUT2D eigenvalue weighted by atomic mass is 19.3. The molecule has 2 atom stereocenters. The normalized spacial score (nSPS) is 28.4. The number of halogens is 2. The Labute approximate surface area is 165 Å². The molecule has 1 aromatic rings. The summed E-state index contributed by atoms with van der Waals surface area (Å²) < 4.78 is 35.5. The van der Waals surface area contributed by atoms with Crippen molar-refractivity contribution < 1.29 is 18.3 Å². The molecular weight excluding hydrogens is 362 g/mol. The van der Waals surface area contributed by atoms with E-state index in [-0.39, 0.29) is 29.8 Å². The van der Waals surface area contributed by atoms with Crippen LogP contribution < -0.4 is 10.5 Å².